The molecule has 7 heteroatoms. The molecule has 2 aliphatic rings. The molecule has 2 N–H and O–H groups in total. The highest BCUT2D eigenvalue weighted by molar-refractivity contribution is 5.83. The molecular weight excluding hydrogens is 350 g/mol. The fraction of sp³-hybridized carbons (Fsp3) is 0.700. The molecule has 1 fully saturated rings. The van der Waals surface area contributed by atoms with E-state index >= 15 is 0 Å². The molecule has 0 aromatic carbocycles. The normalized spacial score (nSPS) is 25.4. The summed E-state index contributed by atoms with van der Waals surface area (Å²) in [5.74, 6) is -1.71. The smallest absolute Gasteiger partial charge is 0.341 e. The lowest BCUT2D eigenvalue weighted by Crippen LogP contribution is -2.53. The average Bonchev–Trinajstić information content (AvgIpc) is 3.13. The summed E-state index contributed by atoms with van der Waals surface area (Å²) >= 11 is 0. The highest BCUT2D eigenvalue weighted by Crippen LogP contribution is 2.32. The zero-order valence-corrected chi connectivity index (χ0v) is 16.8. The topological polar surface area (TPSA) is 96.3 Å². The second-order valence-electron chi connectivity index (χ2n) is 7.94. The van der Waals surface area contributed by atoms with E-state index in [-0.39, 0.29) is 24.7 Å². The van der Waals surface area contributed by atoms with Gasteiger partial charge in [0.1, 0.15) is 12.7 Å². The Bertz CT molecular complexity index is 624. The van der Waals surface area contributed by atoms with Crippen molar-refractivity contribution in [2.75, 3.05) is 19.7 Å². The van der Waals surface area contributed by atoms with Crippen LogP contribution in [0.1, 0.15) is 41.0 Å². The molecule has 152 valence electrons. The minimum atomic E-state index is -1.95. The van der Waals surface area contributed by atoms with Crippen LogP contribution in [0, 0.1) is 5.92 Å². The van der Waals surface area contributed by atoms with Crippen molar-refractivity contribution in [3.05, 3.63) is 23.3 Å². The van der Waals surface area contributed by atoms with Crippen LogP contribution in [0.2, 0.25) is 0 Å². The maximum atomic E-state index is 12.4. The zero-order chi connectivity index (χ0) is 20.4. The van der Waals surface area contributed by atoms with Crippen LogP contribution < -0.4 is 0 Å². The number of carbonyl (C=O) groups is 2. The average molecular weight is 381 g/mol. The van der Waals surface area contributed by atoms with Crippen LogP contribution in [0.3, 0.4) is 0 Å². The molecule has 0 bridgehead atoms. The van der Waals surface area contributed by atoms with Gasteiger partial charge >= 0.3 is 11.9 Å². The fourth-order valence-electron chi connectivity index (χ4n) is 3.70. The van der Waals surface area contributed by atoms with Crippen molar-refractivity contribution >= 4 is 11.9 Å². The van der Waals surface area contributed by atoms with Gasteiger partial charge in [-0.3, -0.25) is 4.90 Å². The number of hydrogen-bond donors (Lipinski definition) is 2. The van der Waals surface area contributed by atoms with Crippen LogP contribution in [0.5, 0.6) is 0 Å². The molecule has 0 aliphatic carbocycles. The Morgan fingerprint density at radius 2 is 2.04 bits per heavy atom. The van der Waals surface area contributed by atoms with Gasteiger partial charge in [-0.1, -0.05) is 25.5 Å². The minimum absolute atomic E-state index is 0.00154. The molecular formula is C20H31NO6. The van der Waals surface area contributed by atoms with Crippen LogP contribution in [-0.2, 0) is 19.1 Å². The van der Waals surface area contributed by atoms with Crippen molar-refractivity contribution in [2.24, 2.45) is 5.92 Å². The van der Waals surface area contributed by atoms with Gasteiger partial charge in [-0.2, -0.15) is 0 Å². The summed E-state index contributed by atoms with van der Waals surface area (Å²) in [6.45, 7) is 9.85. The molecule has 4 atom stereocenters. The largest absolute Gasteiger partial charge is 0.459 e. The number of aliphatic hydroxyl groups is 2. The monoisotopic (exact) mass is 381 g/mol. The third kappa shape index (κ3) is 4.59. The SMILES string of the molecule is CC(C)=CC(=O)O[C@@H]1CCN2CC=C(COC(=O)[C@](O)(C(C)C)[C@H](C)O)[C@H]12. The maximum absolute atomic E-state index is 12.4. The van der Waals surface area contributed by atoms with Gasteiger partial charge in [0.05, 0.1) is 12.1 Å². The van der Waals surface area contributed by atoms with Crippen LogP contribution >= 0.6 is 0 Å². The first kappa shape index (κ1) is 21.6. The van der Waals surface area contributed by atoms with E-state index in [1.54, 1.807) is 13.8 Å². The number of aliphatic hydroxyl groups excluding tert-OH is 1. The molecule has 27 heavy (non-hydrogen) atoms. The maximum Gasteiger partial charge on any atom is 0.341 e. The molecule has 0 radical (unpaired) electrons. The fourth-order valence-corrected chi connectivity index (χ4v) is 3.70. The first-order valence-electron chi connectivity index (χ1n) is 9.43. The lowest BCUT2D eigenvalue weighted by atomic mass is 9.85. The van der Waals surface area contributed by atoms with Gasteiger partial charge < -0.3 is 19.7 Å². The Kier molecular flexibility index (Phi) is 6.83. The van der Waals surface area contributed by atoms with Gasteiger partial charge in [-0.15, -0.1) is 0 Å². The Labute approximate surface area is 160 Å². The quantitative estimate of drug-likeness (QED) is 0.388. The molecule has 0 saturated carbocycles. The van der Waals surface area contributed by atoms with Gasteiger partial charge in [0, 0.05) is 19.2 Å². The van der Waals surface area contributed by atoms with E-state index in [1.807, 2.05) is 19.9 Å². The van der Waals surface area contributed by atoms with Crippen LogP contribution in [0.25, 0.3) is 0 Å². The van der Waals surface area contributed by atoms with Crippen LogP contribution in [0.4, 0.5) is 0 Å². The summed E-state index contributed by atoms with van der Waals surface area (Å²) in [6, 6.07) is -0.119. The van der Waals surface area contributed by atoms with Gasteiger partial charge in [0.15, 0.2) is 5.60 Å². The molecule has 2 aliphatic heterocycles. The van der Waals surface area contributed by atoms with E-state index in [0.29, 0.717) is 6.54 Å². The zero-order valence-electron chi connectivity index (χ0n) is 16.8. The summed E-state index contributed by atoms with van der Waals surface area (Å²) in [7, 11) is 0. The van der Waals surface area contributed by atoms with Crippen molar-refractivity contribution in [2.45, 2.75) is 64.9 Å². The van der Waals surface area contributed by atoms with Gasteiger partial charge in [-0.25, -0.2) is 9.59 Å². The molecule has 2 rings (SSSR count). The number of hydrogen-bond acceptors (Lipinski definition) is 7. The van der Waals surface area contributed by atoms with Crippen molar-refractivity contribution in [3.63, 3.8) is 0 Å². The summed E-state index contributed by atoms with van der Waals surface area (Å²) < 4.78 is 10.9. The molecule has 7 nitrogen and oxygen atoms in total. The van der Waals surface area contributed by atoms with Gasteiger partial charge in [0.2, 0.25) is 0 Å². The highest BCUT2D eigenvalue weighted by Gasteiger charge is 2.47. The molecule has 0 spiro atoms. The predicted molar refractivity (Wildman–Crippen MR) is 99.8 cm³/mol. The van der Waals surface area contributed by atoms with Crippen LogP contribution in [0.15, 0.2) is 23.3 Å². The molecule has 0 amide bonds. The third-order valence-electron chi connectivity index (χ3n) is 5.30. The van der Waals surface area contributed by atoms with E-state index in [1.165, 1.54) is 13.0 Å². The number of rotatable bonds is 7. The summed E-state index contributed by atoms with van der Waals surface area (Å²) in [5.41, 5.74) is -0.228. The molecule has 1 saturated heterocycles. The van der Waals surface area contributed by atoms with E-state index in [4.69, 9.17) is 9.47 Å². The van der Waals surface area contributed by atoms with E-state index in [9.17, 15) is 19.8 Å². The summed E-state index contributed by atoms with van der Waals surface area (Å²) in [4.78, 5) is 26.6. The molecule has 0 aromatic rings. The van der Waals surface area contributed by atoms with Gasteiger partial charge in [-0.05, 0) is 38.7 Å². The standard InChI is InChI=1S/C20H31NO6/c1-12(2)10-17(23)27-16-7-9-21-8-6-15(18(16)21)11-26-19(24)20(25,13(3)4)14(5)22/h6,10,13-14,16,18,22,25H,7-9,11H2,1-5H3/t14-,16+,18+,20-/m0/s1. The van der Waals surface area contributed by atoms with Crippen molar-refractivity contribution < 1.29 is 29.3 Å². The minimum Gasteiger partial charge on any atom is -0.459 e. The van der Waals surface area contributed by atoms with Gasteiger partial charge in [0.25, 0.3) is 0 Å². The van der Waals surface area contributed by atoms with E-state index in [0.717, 1.165) is 24.1 Å². The third-order valence-corrected chi connectivity index (χ3v) is 5.30. The second kappa shape index (κ2) is 8.54. The summed E-state index contributed by atoms with van der Waals surface area (Å²) in [5, 5.41) is 20.4. The Balaban J connectivity index is 2.02. The molecule has 0 unspecified atom stereocenters. The first-order valence-corrected chi connectivity index (χ1v) is 9.43. The number of fused-ring (bicyclic) bond motifs is 1. The Hall–Kier alpha value is -1.70. The lowest BCUT2D eigenvalue weighted by Gasteiger charge is -2.32. The number of ether oxygens (including phenoxy) is 2. The van der Waals surface area contributed by atoms with Crippen molar-refractivity contribution in [3.8, 4) is 0 Å². The number of esters is 2. The van der Waals surface area contributed by atoms with E-state index < -0.39 is 23.6 Å². The Morgan fingerprint density at radius 3 is 2.59 bits per heavy atom. The first-order chi connectivity index (χ1) is 12.6. The Morgan fingerprint density at radius 1 is 1.37 bits per heavy atom. The summed E-state index contributed by atoms with van der Waals surface area (Å²) in [6.07, 6.45) is 2.62. The van der Waals surface area contributed by atoms with E-state index in [2.05, 4.69) is 4.90 Å². The number of allylic oxidation sites excluding steroid dienone is 1. The number of nitrogens with zero attached hydrogens (tertiary/aromatic N) is 1. The second-order valence-corrected chi connectivity index (χ2v) is 7.94. The number of carbonyl (C=O) groups excluding carboxylic acids is 2. The lowest BCUT2D eigenvalue weighted by molar-refractivity contribution is -0.183. The highest BCUT2D eigenvalue weighted by atomic mass is 16.6. The molecule has 2 heterocycles. The molecule has 0 aromatic heterocycles. The van der Waals surface area contributed by atoms with Crippen LogP contribution in [-0.4, -0.2) is 70.6 Å². The van der Waals surface area contributed by atoms with Crippen molar-refractivity contribution in [1.82, 2.24) is 4.90 Å². The van der Waals surface area contributed by atoms with Crippen molar-refractivity contribution in [1.29, 1.82) is 0 Å². The predicted octanol–water partition coefficient (Wildman–Crippen LogP) is 1.19.